The van der Waals surface area contributed by atoms with Crippen LogP contribution < -0.4 is 0 Å². The van der Waals surface area contributed by atoms with Crippen molar-refractivity contribution in [2.45, 2.75) is 6.92 Å². The molecule has 0 fully saturated rings. The van der Waals surface area contributed by atoms with Crippen LogP contribution in [0.4, 0.5) is 0 Å². The fourth-order valence-corrected chi connectivity index (χ4v) is 1.92. The lowest BCUT2D eigenvalue weighted by atomic mass is 10.0. The quantitative estimate of drug-likeness (QED) is 0.591. The number of benzene rings is 2. The van der Waals surface area contributed by atoms with E-state index in [9.17, 15) is 20.1 Å². The van der Waals surface area contributed by atoms with Crippen LogP contribution in [0.3, 0.4) is 0 Å². The maximum atomic E-state index is 11.5. The summed E-state index contributed by atoms with van der Waals surface area (Å²) in [5, 5.41) is 28.4. The van der Waals surface area contributed by atoms with Crippen LogP contribution in [0.15, 0.2) is 36.4 Å². The van der Waals surface area contributed by atoms with Gasteiger partial charge in [-0.1, -0.05) is 24.3 Å². The number of phenolic OH excluding ortho intramolecular Hbond substituents is 3. The van der Waals surface area contributed by atoms with Crippen molar-refractivity contribution in [2.24, 2.45) is 0 Å². The molecular formula is C16H14O4. The molecule has 0 heterocycles. The number of carbonyl (C=O) groups excluding carboxylic acids is 1. The first kappa shape index (κ1) is 13.7. The molecule has 0 saturated carbocycles. The van der Waals surface area contributed by atoms with Gasteiger partial charge in [0.1, 0.15) is 17.2 Å². The van der Waals surface area contributed by atoms with Crippen LogP contribution in [0.1, 0.15) is 28.4 Å². The largest absolute Gasteiger partial charge is 0.508 e. The number of hydrogen-bond acceptors (Lipinski definition) is 4. The van der Waals surface area contributed by atoms with E-state index < -0.39 is 0 Å². The summed E-state index contributed by atoms with van der Waals surface area (Å²) >= 11 is 0. The number of aromatic hydroxyl groups is 3. The molecule has 0 radical (unpaired) electrons. The van der Waals surface area contributed by atoms with Gasteiger partial charge in [-0.05, 0) is 36.2 Å². The van der Waals surface area contributed by atoms with Crippen LogP contribution in [0, 0.1) is 0 Å². The Morgan fingerprint density at radius 2 is 1.60 bits per heavy atom. The fraction of sp³-hybridized carbons (Fsp3) is 0.0625. The van der Waals surface area contributed by atoms with E-state index in [1.165, 1.54) is 13.0 Å². The molecule has 4 nitrogen and oxygen atoms in total. The minimum absolute atomic E-state index is 0.113. The van der Waals surface area contributed by atoms with Crippen molar-refractivity contribution >= 4 is 17.9 Å². The molecule has 0 unspecified atom stereocenters. The summed E-state index contributed by atoms with van der Waals surface area (Å²) in [6, 6.07) is 9.06. The summed E-state index contributed by atoms with van der Waals surface area (Å²) in [4.78, 5) is 11.5. The Hall–Kier alpha value is -2.75. The molecule has 0 saturated heterocycles. The summed E-state index contributed by atoms with van der Waals surface area (Å²) < 4.78 is 0. The van der Waals surface area contributed by atoms with Crippen molar-refractivity contribution in [1.29, 1.82) is 0 Å². The molecule has 0 spiro atoms. The highest BCUT2D eigenvalue weighted by Crippen LogP contribution is 2.29. The van der Waals surface area contributed by atoms with Crippen LogP contribution in [0.25, 0.3) is 12.2 Å². The predicted molar refractivity (Wildman–Crippen MR) is 76.8 cm³/mol. The van der Waals surface area contributed by atoms with Crippen LogP contribution >= 0.6 is 0 Å². The van der Waals surface area contributed by atoms with E-state index in [4.69, 9.17) is 0 Å². The second kappa shape index (κ2) is 5.48. The highest BCUT2D eigenvalue weighted by molar-refractivity contribution is 6.01. The molecule has 0 aromatic heterocycles. The molecule has 0 amide bonds. The Kier molecular flexibility index (Phi) is 3.75. The van der Waals surface area contributed by atoms with Gasteiger partial charge in [-0.25, -0.2) is 0 Å². The van der Waals surface area contributed by atoms with Crippen LogP contribution in [0.5, 0.6) is 17.2 Å². The summed E-state index contributed by atoms with van der Waals surface area (Å²) in [6.07, 6.45) is 3.35. The standard InChI is InChI=1S/C16H14O4/c1-10(17)16-12(8-14(19)9-15(16)20)5-2-11-3-6-13(18)7-4-11/h2-9,18-20H,1H3/b5-2+. The van der Waals surface area contributed by atoms with Gasteiger partial charge in [0.15, 0.2) is 5.78 Å². The zero-order chi connectivity index (χ0) is 14.7. The minimum atomic E-state index is -0.284. The Morgan fingerprint density at radius 1 is 0.950 bits per heavy atom. The molecule has 0 aliphatic heterocycles. The molecule has 0 bridgehead atoms. The first-order valence-corrected chi connectivity index (χ1v) is 6.01. The third-order valence-corrected chi connectivity index (χ3v) is 2.83. The Morgan fingerprint density at radius 3 is 2.20 bits per heavy atom. The van der Waals surface area contributed by atoms with E-state index in [1.54, 1.807) is 36.4 Å². The fourth-order valence-electron chi connectivity index (χ4n) is 1.92. The van der Waals surface area contributed by atoms with Gasteiger partial charge >= 0.3 is 0 Å². The molecule has 102 valence electrons. The van der Waals surface area contributed by atoms with Crippen molar-refractivity contribution < 1.29 is 20.1 Å². The lowest BCUT2D eigenvalue weighted by Gasteiger charge is -2.06. The van der Waals surface area contributed by atoms with Gasteiger partial charge in [0.25, 0.3) is 0 Å². The third kappa shape index (κ3) is 2.98. The van der Waals surface area contributed by atoms with Gasteiger partial charge in [-0.3, -0.25) is 4.79 Å². The Labute approximate surface area is 116 Å². The topological polar surface area (TPSA) is 77.8 Å². The van der Waals surface area contributed by atoms with Crippen LogP contribution in [-0.2, 0) is 0 Å². The Balaban J connectivity index is 2.42. The normalized spacial score (nSPS) is 10.8. The van der Waals surface area contributed by atoms with Gasteiger partial charge in [-0.15, -0.1) is 0 Å². The number of carbonyl (C=O) groups is 1. The van der Waals surface area contributed by atoms with Gasteiger partial charge in [0.05, 0.1) is 5.56 Å². The van der Waals surface area contributed by atoms with Crippen molar-refractivity contribution in [3.8, 4) is 17.2 Å². The molecule has 2 aromatic carbocycles. The number of ketones is 1. The lowest BCUT2D eigenvalue weighted by Crippen LogP contribution is -1.96. The highest BCUT2D eigenvalue weighted by atomic mass is 16.3. The number of phenols is 3. The van der Waals surface area contributed by atoms with Crippen LogP contribution in [-0.4, -0.2) is 21.1 Å². The zero-order valence-corrected chi connectivity index (χ0v) is 10.9. The first-order valence-electron chi connectivity index (χ1n) is 6.01. The number of hydrogen-bond donors (Lipinski definition) is 3. The molecule has 20 heavy (non-hydrogen) atoms. The van der Waals surface area contributed by atoms with Gasteiger partial charge in [-0.2, -0.15) is 0 Å². The average molecular weight is 270 g/mol. The van der Waals surface area contributed by atoms with E-state index in [-0.39, 0.29) is 28.6 Å². The maximum Gasteiger partial charge on any atom is 0.164 e. The van der Waals surface area contributed by atoms with Crippen molar-refractivity contribution in [1.82, 2.24) is 0 Å². The van der Waals surface area contributed by atoms with Crippen LogP contribution in [0.2, 0.25) is 0 Å². The monoisotopic (exact) mass is 270 g/mol. The summed E-state index contributed by atoms with van der Waals surface area (Å²) in [7, 11) is 0. The highest BCUT2D eigenvalue weighted by Gasteiger charge is 2.12. The minimum Gasteiger partial charge on any atom is -0.508 e. The molecule has 0 aliphatic rings. The summed E-state index contributed by atoms with van der Waals surface area (Å²) in [5.41, 5.74) is 1.42. The molecular weight excluding hydrogens is 256 g/mol. The second-order valence-corrected chi connectivity index (χ2v) is 4.41. The SMILES string of the molecule is CC(=O)c1c(O)cc(O)cc1/C=C/c1ccc(O)cc1. The first-order chi connectivity index (χ1) is 9.47. The van der Waals surface area contributed by atoms with E-state index in [1.807, 2.05) is 0 Å². The van der Waals surface area contributed by atoms with Gasteiger partial charge in [0, 0.05) is 6.07 Å². The zero-order valence-electron chi connectivity index (χ0n) is 10.9. The smallest absolute Gasteiger partial charge is 0.164 e. The number of rotatable bonds is 3. The van der Waals surface area contributed by atoms with Gasteiger partial charge in [0.2, 0.25) is 0 Å². The molecule has 4 heteroatoms. The van der Waals surface area contributed by atoms with Crippen molar-refractivity contribution in [3.63, 3.8) is 0 Å². The van der Waals surface area contributed by atoms with E-state index in [0.717, 1.165) is 11.6 Å². The second-order valence-electron chi connectivity index (χ2n) is 4.41. The maximum absolute atomic E-state index is 11.5. The van der Waals surface area contributed by atoms with E-state index in [0.29, 0.717) is 5.56 Å². The average Bonchev–Trinajstić information content (AvgIpc) is 2.36. The lowest BCUT2D eigenvalue weighted by molar-refractivity contribution is 0.101. The van der Waals surface area contributed by atoms with Gasteiger partial charge < -0.3 is 15.3 Å². The molecule has 3 N–H and O–H groups in total. The Bertz CT molecular complexity index is 670. The van der Waals surface area contributed by atoms with Crippen molar-refractivity contribution in [2.75, 3.05) is 0 Å². The molecule has 2 rings (SSSR count). The predicted octanol–water partition coefficient (Wildman–Crippen LogP) is 3.18. The van der Waals surface area contributed by atoms with E-state index >= 15 is 0 Å². The number of Topliss-reactive ketones (excluding diaryl/α,β-unsaturated/α-hetero) is 1. The molecule has 2 aromatic rings. The summed E-state index contributed by atoms with van der Waals surface area (Å²) in [5.74, 6) is -0.477. The van der Waals surface area contributed by atoms with Crippen molar-refractivity contribution in [3.05, 3.63) is 53.1 Å². The third-order valence-electron chi connectivity index (χ3n) is 2.83. The molecule has 0 atom stereocenters. The molecule has 0 aliphatic carbocycles. The summed E-state index contributed by atoms with van der Waals surface area (Å²) in [6.45, 7) is 1.35. The van der Waals surface area contributed by atoms with E-state index in [2.05, 4.69) is 0 Å².